The van der Waals surface area contributed by atoms with E-state index in [4.69, 9.17) is 4.42 Å². The molecule has 0 amide bonds. The lowest BCUT2D eigenvalue weighted by atomic mass is 10.1. The van der Waals surface area contributed by atoms with E-state index in [1.165, 1.54) is 18.4 Å². The molecule has 1 aromatic rings. The van der Waals surface area contributed by atoms with Crippen LogP contribution in [0.3, 0.4) is 0 Å². The van der Waals surface area contributed by atoms with Gasteiger partial charge in [-0.2, -0.15) is 0 Å². The van der Waals surface area contributed by atoms with Gasteiger partial charge in [-0.1, -0.05) is 0 Å². The first-order chi connectivity index (χ1) is 6.53. The van der Waals surface area contributed by atoms with Gasteiger partial charge < -0.3 is 9.21 Å². The Morgan fingerprint density at radius 2 is 2.29 bits per heavy atom. The Kier molecular flexibility index (Phi) is 3.29. The van der Waals surface area contributed by atoms with Crippen LogP contribution in [-0.2, 0) is 9.53 Å². The zero-order valence-electron chi connectivity index (χ0n) is 6.95. The molecule has 0 aliphatic heterocycles. The molecule has 1 rings (SSSR count). The average Bonchev–Trinajstić information content (AvgIpc) is 2.56. The molecule has 6 heteroatoms. The second-order valence-corrected chi connectivity index (χ2v) is 2.51. The molecule has 78 valence electrons. The highest BCUT2D eigenvalue weighted by molar-refractivity contribution is 5.60. The van der Waals surface area contributed by atoms with E-state index in [1.54, 1.807) is 0 Å². The summed E-state index contributed by atoms with van der Waals surface area (Å²) in [5, 5.41) is 0. The van der Waals surface area contributed by atoms with Gasteiger partial charge in [-0.3, -0.25) is 4.74 Å². The predicted molar refractivity (Wildman–Crippen MR) is 39.5 cm³/mol. The molecule has 1 aromatic heterocycles. The number of hydrogen-bond acceptors (Lipinski definition) is 3. The largest absolute Gasteiger partial charge is 0.522 e. The van der Waals surface area contributed by atoms with Crippen LogP contribution >= 0.6 is 0 Å². The van der Waals surface area contributed by atoms with Crippen LogP contribution in [0.5, 0.6) is 0 Å². The molecule has 0 saturated carbocycles. The lowest BCUT2D eigenvalue weighted by Crippen LogP contribution is -2.19. The van der Waals surface area contributed by atoms with Crippen LogP contribution in [0.1, 0.15) is 11.7 Å². The summed E-state index contributed by atoms with van der Waals surface area (Å²) >= 11 is 0. The molecule has 0 bridgehead atoms. The number of ether oxygens (including phenoxy) is 1. The van der Waals surface area contributed by atoms with Crippen molar-refractivity contribution in [3.05, 3.63) is 24.2 Å². The van der Waals surface area contributed by atoms with E-state index in [0.717, 1.165) is 0 Å². The second kappa shape index (κ2) is 4.28. The zero-order valence-corrected chi connectivity index (χ0v) is 6.95. The van der Waals surface area contributed by atoms with Crippen LogP contribution in [-0.4, -0.2) is 19.3 Å². The highest BCUT2D eigenvalue weighted by atomic mass is 19.4. The average molecular weight is 208 g/mol. The van der Waals surface area contributed by atoms with Gasteiger partial charge in [0.1, 0.15) is 12.0 Å². The predicted octanol–water partition coefficient (Wildman–Crippen LogP) is 2.10. The summed E-state index contributed by atoms with van der Waals surface area (Å²) in [7, 11) is 0. The summed E-state index contributed by atoms with van der Waals surface area (Å²) in [6.07, 6.45) is -3.10. The molecular formula is C8H7F3O3. The number of carbonyl (C=O) groups excluding carboxylic acids is 1. The van der Waals surface area contributed by atoms with E-state index in [-0.39, 0.29) is 5.76 Å². The van der Waals surface area contributed by atoms with Crippen molar-refractivity contribution >= 4 is 6.29 Å². The molecule has 0 aromatic carbocycles. The van der Waals surface area contributed by atoms with Gasteiger partial charge in [-0.15, -0.1) is 13.2 Å². The summed E-state index contributed by atoms with van der Waals surface area (Å²) < 4.78 is 43.2. The van der Waals surface area contributed by atoms with E-state index in [2.05, 4.69) is 4.74 Å². The Morgan fingerprint density at radius 3 is 2.71 bits per heavy atom. The van der Waals surface area contributed by atoms with Crippen LogP contribution in [0, 0.1) is 0 Å². The molecular weight excluding hydrogens is 201 g/mol. The molecule has 1 atom stereocenters. The van der Waals surface area contributed by atoms with Gasteiger partial charge >= 0.3 is 6.36 Å². The highest BCUT2D eigenvalue weighted by Gasteiger charge is 2.31. The molecule has 0 spiro atoms. The SMILES string of the molecule is O=CC(COC(F)(F)F)c1ccco1. The third-order valence-electron chi connectivity index (χ3n) is 1.50. The number of aldehydes is 1. The fourth-order valence-electron chi connectivity index (χ4n) is 0.875. The number of alkyl halides is 3. The molecule has 14 heavy (non-hydrogen) atoms. The molecule has 0 N–H and O–H groups in total. The zero-order chi connectivity index (χ0) is 10.6. The lowest BCUT2D eigenvalue weighted by Gasteiger charge is -2.10. The fraction of sp³-hybridized carbons (Fsp3) is 0.375. The molecule has 1 heterocycles. The monoisotopic (exact) mass is 208 g/mol. The van der Waals surface area contributed by atoms with Crippen LogP contribution in [0.15, 0.2) is 22.8 Å². The summed E-state index contributed by atoms with van der Waals surface area (Å²) in [6.45, 7) is -0.763. The van der Waals surface area contributed by atoms with Gasteiger partial charge in [0.05, 0.1) is 18.8 Å². The molecule has 0 radical (unpaired) electrons. The minimum absolute atomic E-state index is 0.157. The third kappa shape index (κ3) is 3.21. The van der Waals surface area contributed by atoms with Gasteiger partial charge in [-0.25, -0.2) is 0 Å². The number of furan rings is 1. The number of hydrogen-bond donors (Lipinski definition) is 0. The lowest BCUT2D eigenvalue weighted by molar-refractivity contribution is -0.325. The number of rotatable bonds is 4. The quantitative estimate of drug-likeness (QED) is 0.711. The van der Waals surface area contributed by atoms with E-state index in [0.29, 0.717) is 6.29 Å². The Hall–Kier alpha value is -1.30. The standard InChI is InChI=1S/C8H7F3O3/c9-8(10,11)14-5-6(4-12)7-2-1-3-13-7/h1-4,6H,5H2. The number of carbonyl (C=O) groups is 1. The first kappa shape index (κ1) is 10.8. The van der Waals surface area contributed by atoms with Gasteiger partial charge in [0.15, 0.2) is 0 Å². The van der Waals surface area contributed by atoms with Crippen molar-refractivity contribution in [3.8, 4) is 0 Å². The van der Waals surface area contributed by atoms with Gasteiger partial charge in [-0.05, 0) is 12.1 Å². The Labute approximate surface area is 77.5 Å². The van der Waals surface area contributed by atoms with Crippen LogP contribution in [0.2, 0.25) is 0 Å². The van der Waals surface area contributed by atoms with Crippen LogP contribution < -0.4 is 0 Å². The topological polar surface area (TPSA) is 39.4 Å². The summed E-state index contributed by atoms with van der Waals surface area (Å²) in [5.74, 6) is -0.865. The van der Waals surface area contributed by atoms with Crippen molar-refractivity contribution in [3.63, 3.8) is 0 Å². The summed E-state index contributed by atoms with van der Waals surface area (Å²) in [5.41, 5.74) is 0. The Balaban J connectivity index is 2.53. The van der Waals surface area contributed by atoms with Crippen LogP contribution in [0.4, 0.5) is 13.2 Å². The van der Waals surface area contributed by atoms with Crippen molar-refractivity contribution in [1.29, 1.82) is 0 Å². The minimum atomic E-state index is -4.73. The second-order valence-electron chi connectivity index (χ2n) is 2.51. The maximum atomic E-state index is 11.6. The van der Waals surface area contributed by atoms with Crippen molar-refractivity contribution in [2.24, 2.45) is 0 Å². The fourth-order valence-corrected chi connectivity index (χ4v) is 0.875. The normalized spacial score (nSPS) is 13.9. The van der Waals surface area contributed by atoms with Crippen LogP contribution in [0.25, 0.3) is 0 Å². The van der Waals surface area contributed by atoms with Crippen molar-refractivity contribution < 1.29 is 27.1 Å². The number of halogens is 3. The molecule has 0 fully saturated rings. The van der Waals surface area contributed by atoms with Crippen molar-refractivity contribution in [1.82, 2.24) is 0 Å². The molecule has 3 nitrogen and oxygen atoms in total. The Bertz CT molecular complexity index is 279. The van der Waals surface area contributed by atoms with Gasteiger partial charge in [0, 0.05) is 0 Å². The molecule has 1 unspecified atom stereocenters. The Morgan fingerprint density at radius 1 is 1.57 bits per heavy atom. The highest BCUT2D eigenvalue weighted by Crippen LogP contribution is 2.21. The molecule has 0 aliphatic rings. The molecule has 0 saturated heterocycles. The van der Waals surface area contributed by atoms with Crippen molar-refractivity contribution in [2.45, 2.75) is 12.3 Å². The molecule has 0 aliphatic carbocycles. The maximum Gasteiger partial charge on any atom is 0.522 e. The van der Waals surface area contributed by atoms with E-state index in [9.17, 15) is 18.0 Å². The van der Waals surface area contributed by atoms with Gasteiger partial charge in [0.2, 0.25) is 0 Å². The van der Waals surface area contributed by atoms with E-state index < -0.39 is 18.9 Å². The summed E-state index contributed by atoms with van der Waals surface area (Å²) in [6, 6.07) is 2.90. The maximum absolute atomic E-state index is 11.6. The smallest absolute Gasteiger partial charge is 0.469 e. The third-order valence-corrected chi connectivity index (χ3v) is 1.50. The first-order valence-corrected chi connectivity index (χ1v) is 3.72. The minimum Gasteiger partial charge on any atom is -0.469 e. The van der Waals surface area contributed by atoms with Gasteiger partial charge in [0.25, 0.3) is 0 Å². The first-order valence-electron chi connectivity index (χ1n) is 3.72. The van der Waals surface area contributed by atoms with Crippen molar-refractivity contribution in [2.75, 3.05) is 6.61 Å². The van der Waals surface area contributed by atoms with E-state index >= 15 is 0 Å². The van der Waals surface area contributed by atoms with E-state index in [1.807, 2.05) is 0 Å². The summed E-state index contributed by atoms with van der Waals surface area (Å²) in [4.78, 5) is 10.4.